The van der Waals surface area contributed by atoms with Crippen LogP contribution in [0.2, 0.25) is 0 Å². The lowest BCUT2D eigenvalue weighted by Crippen LogP contribution is -1.94. The Morgan fingerprint density at radius 3 is 2.07 bits per heavy atom. The van der Waals surface area contributed by atoms with E-state index in [1.165, 1.54) is 11.3 Å². The summed E-state index contributed by atoms with van der Waals surface area (Å²) in [7, 11) is 1.78. The van der Waals surface area contributed by atoms with E-state index in [0.29, 0.717) is 15.2 Å². The van der Waals surface area contributed by atoms with E-state index < -0.39 is 10.8 Å². The Labute approximate surface area is 168 Å². The number of aromatic amines is 1. The number of hydrogen-bond acceptors (Lipinski definition) is 6. The summed E-state index contributed by atoms with van der Waals surface area (Å²) < 4.78 is 23.9. The predicted molar refractivity (Wildman–Crippen MR) is 109 cm³/mol. The van der Waals surface area contributed by atoms with E-state index in [0.717, 1.165) is 28.3 Å². The molecule has 0 amide bonds. The molecule has 0 aliphatic rings. The zero-order valence-electron chi connectivity index (χ0n) is 15.2. The summed E-state index contributed by atoms with van der Waals surface area (Å²) in [5.74, 6) is 1.53. The molecule has 1 unspecified atom stereocenters. The standard InChI is InChI=1S/C20H17N3O3S2/c1-25-15-7-3-13(4-8-15)17-18(14-5-9-16(26-2)10-6-14)23-19(22-17)28(24)20-21-11-12-27-20/h3-12H,1-2H3,(H,22,23). The van der Waals surface area contributed by atoms with Crippen molar-refractivity contribution >= 4 is 22.1 Å². The number of H-pyrrole nitrogens is 1. The molecule has 1 atom stereocenters. The molecular weight excluding hydrogens is 394 g/mol. The molecule has 0 saturated heterocycles. The van der Waals surface area contributed by atoms with Gasteiger partial charge in [0, 0.05) is 22.7 Å². The van der Waals surface area contributed by atoms with Crippen molar-refractivity contribution in [1.29, 1.82) is 0 Å². The van der Waals surface area contributed by atoms with Crippen LogP contribution in [0.4, 0.5) is 0 Å². The van der Waals surface area contributed by atoms with Gasteiger partial charge in [0.05, 0.1) is 25.6 Å². The van der Waals surface area contributed by atoms with Crippen LogP contribution in [0.1, 0.15) is 0 Å². The summed E-state index contributed by atoms with van der Waals surface area (Å²) in [5, 5.41) is 2.16. The molecule has 4 rings (SSSR count). The molecule has 4 aromatic rings. The second-order valence-electron chi connectivity index (χ2n) is 5.79. The molecule has 6 nitrogen and oxygen atoms in total. The van der Waals surface area contributed by atoms with Crippen molar-refractivity contribution in [3.8, 4) is 34.0 Å². The van der Waals surface area contributed by atoms with Gasteiger partial charge >= 0.3 is 0 Å². The molecule has 0 spiro atoms. The lowest BCUT2D eigenvalue weighted by atomic mass is 10.0. The first-order valence-corrected chi connectivity index (χ1v) is 10.4. The third-order valence-corrected chi connectivity index (χ3v) is 6.44. The Hall–Kier alpha value is -2.97. The number of benzene rings is 2. The fourth-order valence-corrected chi connectivity index (χ4v) is 4.55. The molecule has 0 aliphatic carbocycles. The van der Waals surface area contributed by atoms with E-state index in [1.54, 1.807) is 25.8 Å². The molecular formula is C20H17N3O3S2. The number of rotatable bonds is 6. The maximum atomic E-state index is 12.9. The molecule has 0 bridgehead atoms. The van der Waals surface area contributed by atoms with Crippen molar-refractivity contribution in [3.63, 3.8) is 0 Å². The summed E-state index contributed by atoms with van der Waals surface area (Å²) in [5.41, 5.74) is 3.31. The van der Waals surface area contributed by atoms with Crippen LogP contribution in [-0.2, 0) is 10.8 Å². The smallest absolute Gasteiger partial charge is 0.204 e. The third-order valence-electron chi connectivity index (χ3n) is 4.17. The van der Waals surface area contributed by atoms with Crippen molar-refractivity contribution in [2.75, 3.05) is 14.2 Å². The minimum absolute atomic E-state index is 0.367. The minimum atomic E-state index is -1.47. The number of nitrogens with one attached hydrogen (secondary N) is 1. The van der Waals surface area contributed by atoms with Crippen molar-refractivity contribution in [2.45, 2.75) is 9.50 Å². The number of aromatic nitrogens is 3. The Morgan fingerprint density at radius 2 is 1.54 bits per heavy atom. The Morgan fingerprint density at radius 1 is 0.929 bits per heavy atom. The molecule has 0 fully saturated rings. The topological polar surface area (TPSA) is 77.1 Å². The Kier molecular flexibility index (Phi) is 5.23. The van der Waals surface area contributed by atoms with E-state index >= 15 is 0 Å². The van der Waals surface area contributed by atoms with Crippen LogP contribution in [0.25, 0.3) is 22.5 Å². The Balaban J connectivity index is 1.82. The first-order chi connectivity index (χ1) is 13.7. The van der Waals surface area contributed by atoms with Gasteiger partial charge in [-0.15, -0.1) is 11.3 Å². The maximum absolute atomic E-state index is 12.9. The molecule has 2 aromatic carbocycles. The van der Waals surface area contributed by atoms with Crippen LogP contribution in [-0.4, -0.2) is 33.4 Å². The molecule has 0 radical (unpaired) electrons. The van der Waals surface area contributed by atoms with Gasteiger partial charge in [-0.1, -0.05) is 0 Å². The SMILES string of the molecule is COc1ccc(-c2nc(S(=O)c3nccs3)[nH]c2-c2ccc(OC)cc2)cc1. The van der Waals surface area contributed by atoms with Gasteiger partial charge in [-0.2, -0.15) is 0 Å². The summed E-state index contributed by atoms with van der Waals surface area (Å²) in [4.78, 5) is 12.0. The van der Waals surface area contributed by atoms with Crippen LogP contribution >= 0.6 is 11.3 Å². The van der Waals surface area contributed by atoms with Gasteiger partial charge in [-0.3, -0.25) is 0 Å². The highest BCUT2D eigenvalue weighted by Gasteiger charge is 2.20. The number of methoxy groups -OCH3 is 2. The zero-order valence-corrected chi connectivity index (χ0v) is 16.8. The third kappa shape index (κ3) is 3.56. The average Bonchev–Trinajstić information content (AvgIpc) is 3.44. The van der Waals surface area contributed by atoms with Gasteiger partial charge in [0.15, 0.2) is 15.1 Å². The number of imidazole rings is 1. The van der Waals surface area contributed by atoms with Crippen molar-refractivity contribution in [3.05, 3.63) is 60.1 Å². The molecule has 8 heteroatoms. The van der Waals surface area contributed by atoms with E-state index in [4.69, 9.17) is 9.47 Å². The highest BCUT2D eigenvalue weighted by atomic mass is 32.2. The van der Waals surface area contributed by atoms with E-state index in [1.807, 2.05) is 48.5 Å². The highest BCUT2D eigenvalue weighted by Crippen LogP contribution is 2.33. The van der Waals surface area contributed by atoms with E-state index in [2.05, 4.69) is 15.0 Å². The first-order valence-electron chi connectivity index (χ1n) is 8.39. The number of nitrogens with zero attached hydrogens (tertiary/aromatic N) is 2. The van der Waals surface area contributed by atoms with Gasteiger partial charge in [0.1, 0.15) is 11.5 Å². The van der Waals surface area contributed by atoms with Crippen LogP contribution in [0.15, 0.2) is 69.6 Å². The minimum Gasteiger partial charge on any atom is -0.497 e. The predicted octanol–water partition coefficient (Wildman–Crippen LogP) is 4.38. The molecule has 28 heavy (non-hydrogen) atoms. The average molecular weight is 412 g/mol. The van der Waals surface area contributed by atoms with E-state index in [9.17, 15) is 4.21 Å². The molecule has 0 saturated carbocycles. The Bertz CT molecular complexity index is 1020. The van der Waals surface area contributed by atoms with Crippen molar-refractivity contribution < 1.29 is 13.7 Å². The monoisotopic (exact) mass is 411 g/mol. The summed E-state index contributed by atoms with van der Waals surface area (Å²) in [6.07, 6.45) is 1.63. The summed E-state index contributed by atoms with van der Waals surface area (Å²) in [6, 6.07) is 15.2. The van der Waals surface area contributed by atoms with Gasteiger partial charge < -0.3 is 14.5 Å². The molecule has 0 aliphatic heterocycles. The van der Waals surface area contributed by atoms with Gasteiger partial charge in [-0.05, 0) is 48.5 Å². The second-order valence-corrected chi connectivity index (χ2v) is 8.25. The molecule has 1 N–H and O–H groups in total. The van der Waals surface area contributed by atoms with Gasteiger partial charge in [0.2, 0.25) is 5.16 Å². The quantitative estimate of drug-likeness (QED) is 0.509. The molecule has 2 heterocycles. The summed E-state index contributed by atoms with van der Waals surface area (Å²) in [6.45, 7) is 0. The summed E-state index contributed by atoms with van der Waals surface area (Å²) >= 11 is 1.34. The molecule has 2 aromatic heterocycles. The first kappa shape index (κ1) is 18.4. The van der Waals surface area contributed by atoms with Crippen molar-refractivity contribution in [1.82, 2.24) is 15.0 Å². The fraction of sp³-hybridized carbons (Fsp3) is 0.100. The van der Waals surface area contributed by atoms with Gasteiger partial charge in [-0.25, -0.2) is 14.2 Å². The van der Waals surface area contributed by atoms with Crippen LogP contribution < -0.4 is 9.47 Å². The molecule has 142 valence electrons. The fourth-order valence-electron chi connectivity index (χ4n) is 2.75. The van der Waals surface area contributed by atoms with Crippen LogP contribution in [0.3, 0.4) is 0 Å². The van der Waals surface area contributed by atoms with Crippen LogP contribution in [0.5, 0.6) is 11.5 Å². The number of ether oxygens (including phenoxy) is 2. The normalized spacial score (nSPS) is 11.9. The lowest BCUT2D eigenvalue weighted by Gasteiger charge is -2.06. The highest BCUT2D eigenvalue weighted by molar-refractivity contribution is 7.87. The van der Waals surface area contributed by atoms with Crippen LogP contribution in [0, 0.1) is 0 Å². The van der Waals surface area contributed by atoms with Gasteiger partial charge in [0.25, 0.3) is 0 Å². The maximum Gasteiger partial charge on any atom is 0.204 e. The second kappa shape index (κ2) is 7.95. The van der Waals surface area contributed by atoms with E-state index in [-0.39, 0.29) is 0 Å². The number of thiazole rings is 1. The van der Waals surface area contributed by atoms with Crippen molar-refractivity contribution in [2.24, 2.45) is 0 Å². The number of hydrogen-bond donors (Lipinski definition) is 1. The largest absolute Gasteiger partial charge is 0.497 e. The zero-order chi connectivity index (χ0) is 19.5. The lowest BCUT2D eigenvalue weighted by molar-refractivity contribution is 0.414.